The van der Waals surface area contributed by atoms with Crippen molar-refractivity contribution in [1.82, 2.24) is 9.55 Å². The molecular formula is C26H25N3O4S. The maximum absolute atomic E-state index is 13.2. The molecule has 0 radical (unpaired) electrons. The van der Waals surface area contributed by atoms with E-state index in [1.807, 2.05) is 20.0 Å². The number of fused-ring (bicyclic) bond motifs is 1. The minimum absolute atomic E-state index is 0.109. The summed E-state index contributed by atoms with van der Waals surface area (Å²) in [7, 11) is 3.34. The Morgan fingerprint density at radius 1 is 1.21 bits per heavy atom. The van der Waals surface area contributed by atoms with Crippen molar-refractivity contribution in [3.63, 3.8) is 0 Å². The number of rotatable bonds is 7. The number of terminal acetylenes is 1. The lowest BCUT2D eigenvalue weighted by molar-refractivity contribution is -0.116. The minimum Gasteiger partial charge on any atom is -0.493 e. The van der Waals surface area contributed by atoms with Gasteiger partial charge in [0, 0.05) is 25.1 Å². The van der Waals surface area contributed by atoms with E-state index in [0.29, 0.717) is 33.8 Å². The Hall–Kier alpha value is -3.70. The molecule has 1 N–H and O–H groups in total. The average Bonchev–Trinajstić information content (AvgIpc) is 2.84. The molecule has 1 aromatic heterocycles. The predicted octanol–water partition coefficient (Wildman–Crippen LogP) is 3.88. The smallest absolute Gasteiger partial charge is 0.279 e. The average molecular weight is 476 g/mol. The van der Waals surface area contributed by atoms with E-state index in [2.05, 4.69) is 40.5 Å². The summed E-state index contributed by atoms with van der Waals surface area (Å²) >= 11 is 1.45. The Bertz CT molecular complexity index is 1330. The Morgan fingerprint density at radius 2 is 1.97 bits per heavy atom. The van der Waals surface area contributed by atoms with Gasteiger partial charge in [0.25, 0.3) is 5.56 Å². The summed E-state index contributed by atoms with van der Waals surface area (Å²) < 4.78 is 12.7. The molecule has 1 aliphatic rings. The maximum Gasteiger partial charge on any atom is 0.279 e. The van der Waals surface area contributed by atoms with Gasteiger partial charge in [0.1, 0.15) is 12.4 Å². The second kappa shape index (κ2) is 10.1. The van der Waals surface area contributed by atoms with Crippen LogP contribution in [0.5, 0.6) is 11.5 Å². The van der Waals surface area contributed by atoms with Crippen molar-refractivity contribution in [2.24, 2.45) is 7.05 Å². The first kappa shape index (κ1) is 23.5. The first-order valence-electron chi connectivity index (χ1n) is 10.7. The van der Waals surface area contributed by atoms with E-state index in [4.69, 9.17) is 15.9 Å². The molecule has 0 aliphatic carbocycles. The monoisotopic (exact) mass is 475 g/mol. The Morgan fingerprint density at radius 3 is 2.68 bits per heavy atom. The fraction of sp³-hybridized carbons (Fsp3) is 0.269. The number of amides is 1. The van der Waals surface area contributed by atoms with Gasteiger partial charge in [-0.3, -0.25) is 9.59 Å². The van der Waals surface area contributed by atoms with E-state index in [1.165, 1.54) is 24.4 Å². The van der Waals surface area contributed by atoms with Crippen LogP contribution in [0.4, 0.5) is 5.82 Å². The number of hydrogen-bond acceptors (Lipinski definition) is 6. The standard InChI is InChI=1S/C26H25N3O4S/c1-5-12-33-20-11-10-18(13-21(20)32-4)19-14-22(30)27-24-23(19)25(31)28-26(29(24)3)34-15-17-8-6-16(2)7-9-17/h1,6-11,13,19H,12,14-15H2,2-4H3,(H,27,30)/t19-/m0/s1. The van der Waals surface area contributed by atoms with Crippen LogP contribution in [0, 0.1) is 19.3 Å². The normalized spacial score (nSPS) is 14.6. The zero-order valence-corrected chi connectivity index (χ0v) is 20.1. The summed E-state index contributed by atoms with van der Waals surface area (Å²) in [4.78, 5) is 30.2. The van der Waals surface area contributed by atoms with Crippen molar-refractivity contribution in [2.45, 2.75) is 30.2 Å². The number of carbonyl (C=O) groups is 1. The van der Waals surface area contributed by atoms with Crippen molar-refractivity contribution < 1.29 is 14.3 Å². The highest BCUT2D eigenvalue weighted by Gasteiger charge is 2.32. The van der Waals surface area contributed by atoms with Gasteiger partial charge in [0.15, 0.2) is 16.7 Å². The number of hydrogen-bond donors (Lipinski definition) is 1. The van der Waals surface area contributed by atoms with Crippen LogP contribution in [0.25, 0.3) is 0 Å². The lowest BCUT2D eigenvalue weighted by atomic mass is 9.86. The van der Waals surface area contributed by atoms with Crippen LogP contribution < -0.4 is 20.3 Å². The van der Waals surface area contributed by atoms with E-state index in [1.54, 1.807) is 16.7 Å². The first-order valence-corrected chi connectivity index (χ1v) is 11.7. The van der Waals surface area contributed by atoms with Gasteiger partial charge in [-0.15, -0.1) is 6.42 Å². The van der Waals surface area contributed by atoms with Crippen LogP contribution in [0.1, 0.15) is 34.6 Å². The van der Waals surface area contributed by atoms with Crippen LogP contribution in [-0.2, 0) is 17.6 Å². The molecule has 1 amide bonds. The highest BCUT2D eigenvalue weighted by molar-refractivity contribution is 7.98. The molecule has 0 saturated heterocycles. The second-order valence-corrected chi connectivity index (χ2v) is 8.95. The molecule has 0 fully saturated rings. The zero-order chi connectivity index (χ0) is 24.2. The minimum atomic E-state index is -0.457. The topological polar surface area (TPSA) is 82.5 Å². The van der Waals surface area contributed by atoms with Crippen LogP contribution in [0.2, 0.25) is 0 Å². The number of aryl methyl sites for hydroxylation is 1. The van der Waals surface area contributed by atoms with E-state index < -0.39 is 5.92 Å². The highest BCUT2D eigenvalue weighted by Crippen LogP contribution is 2.39. The SMILES string of the molecule is C#CCOc1ccc([C@@H]2CC(=O)Nc3c2c(=O)nc(SCc2ccc(C)cc2)n3C)cc1OC. The maximum atomic E-state index is 13.2. The van der Waals surface area contributed by atoms with Crippen molar-refractivity contribution in [3.8, 4) is 23.8 Å². The molecule has 7 nitrogen and oxygen atoms in total. The van der Waals surface area contributed by atoms with Gasteiger partial charge < -0.3 is 19.4 Å². The molecule has 8 heteroatoms. The van der Waals surface area contributed by atoms with Gasteiger partial charge >= 0.3 is 0 Å². The molecule has 2 heterocycles. The van der Waals surface area contributed by atoms with Crippen LogP contribution >= 0.6 is 11.8 Å². The molecule has 174 valence electrons. The summed E-state index contributed by atoms with van der Waals surface area (Å²) in [5.41, 5.74) is 3.19. The lowest BCUT2D eigenvalue weighted by Crippen LogP contribution is -2.33. The molecule has 1 atom stereocenters. The molecule has 0 unspecified atom stereocenters. The summed E-state index contributed by atoms with van der Waals surface area (Å²) in [5, 5.41) is 3.42. The molecule has 4 rings (SSSR count). The molecule has 0 saturated carbocycles. The number of methoxy groups -OCH3 is 1. The Labute approximate surface area is 202 Å². The number of aromatic nitrogens is 2. The summed E-state index contributed by atoms with van der Waals surface area (Å²) in [6.07, 6.45) is 5.41. The quantitative estimate of drug-likeness (QED) is 0.317. The Kier molecular flexibility index (Phi) is 6.94. The van der Waals surface area contributed by atoms with E-state index in [-0.39, 0.29) is 24.5 Å². The third-order valence-electron chi connectivity index (χ3n) is 5.69. The van der Waals surface area contributed by atoms with Crippen molar-refractivity contribution in [2.75, 3.05) is 19.0 Å². The third kappa shape index (κ3) is 4.80. The number of carbonyl (C=O) groups excluding carboxylic acids is 1. The van der Waals surface area contributed by atoms with Crippen molar-refractivity contribution >= 4 is 23.5 Å². The lowest BCUT2D eigenvalue weighted by Gasteiger charge is -2.28. The number of nitrogens with one attached hydrogen (secondary N) is 1. The summed E-state index contributed by atoms with van der Waals surface area (Å²) in [6.45, 7) is 2.15. The molecule has 0 bridgehead atoms. The van der Waals surface area contributed by atoms with Gasteiger partial charge in [-0.25, -0.2) is 0 Å². The number of ether oxygens (including phenoxy) is 2. The number of nitrogens with zero attached hydrogens (tertiary/aromatic N) is 2. The van der Waals surface area contributed by atoms with Gasteiger partial charge in [0.05, 0.1) is 12.7 Å². The highest BCUT2D eigenvalue weighted by atomic mass is 32.2. The van der Waals surface area contributed by atoms with Crippen LogP contribution in [0.15, 0.2) is 52.4 Å². The number of thioether (sulfide) groups is 1. The van der Waals surface area contributed by atoms with Gasteiger partial charge in [-0.2, -0.15) is 4.98 Å². The molecule has 2 aromatic carbocycles. The van der Waals surface area contributed by atoms with Crippen molar-refractivity contribution in [1.29, 1.82) is 0 Å². The van der Waals surface area contributed by atoms with Gasteiger partial charge in [-0.1, -0.05) is 53.6 Å². The number of benzene rings is 2. The van der Waals surface area contributed by atoms with Crippen LogP contribution in [-0.4, -0.2) is 29.2 Å². The van der Waals surface area contributed by atoms with Crippen molar-refractivity contribution in [3.05, 3.63) is 75.1 Å². The van der Waals surface area contributed by atoms with Crippen LogP contribution in [0.3, 0.4) is 0 Å². The fourth-order valence-corrected chi connectivity index (χ4v) is 4.84. The Balaban J connectivity index is 1.69. The second-order valence-electron chi connectivity index (χ2n) is 8.00. The zero-order valence-electron chi connectivity index (χ0n) is 19.3. The molecule has 34 heavy (non-hydrogen) atoms. The number of anilines is 1. The van der Waals surface area contributed by atoms with Gasteiger partial charge in [-0.05, 0) is 30.2 Å². The predicted molar refractivity (Wildman–Crippen MR) is 133 cm³/mol. The molecule has 3 aromatic rings. The van der Waals surface area contributed by atoms with E-state index in [0.717, 1.165) is 11.1 Å². The largest absolute Gasteiger partial charge is 0.493 e. The summed E-state index contributed by atoms with van der Waals surface area (Å²) in [6, 6.07) is 13.6. The van der Waals surface area contributed by atoms with E-state index in [9.17, 15) is 9.59 Å². The summed E-state index contributed by atoms with van der Waals surface area (Å²) in [5.74, 6) is 3.91. The molecule has 0 spiro atoms. The molecule has 1 aliphatic heterocycles. The van der Waals surface area contributed by atoms with E-state index >= 15 is 0 Å². The van der Waals surface area contributed by atoms with Gasteiger partial charge in [0.2, 0.25) is 5.91 Å². The molecular weight excluding hydrogens is 450 g/mol. The fourth-order valence-electron chi connectivity index (χ4n) is 3.92. The first-order chi connectivity index (χ1) is 16.4. The third-order valence-corrected chi connectivity index (χ3v) is 6.79.